The zero-order chi connectivity index (χ0) is 36.4. The van der Waals surface area contributed by atoms with Crippen molar-refractivity contribution in [2.24, 2.45) is 56.7 Å². The van der Waals surface area contributed by atoms with Crippen molar-refractivity contribution in [3.8, 4) is 0 Å². The summed E-state index contributed by atoms with van der Waals surface area (Å²) in [6.07, 6.45) is 15.8. The third kappa shape index (κ3) is 5.45. The van der Waals surface area contributed by atoms with Gasteiger partial charge in [0, 0.05) is 18.6 Å². The summed E-state index contributed by atoms with van der Waals surface area (Å²) >= 11 is 0. The van der Waals surface area contributed by atoms with E-state index in [-0.39, 0.29) is 33.1 Å². The highest BCUT2D eigenvalue weighted by Gasteiger charge is 2.72. The molecule has 7 aliphatic rings. The number of amides is 1. The van der Waals surface area contributed by atoms with Gasteiger partial charge in [-0.1, -0.05) is 59.8 Å². The first-order valence-electron chi connectivity index (χ1n) is 20.2. The van der Waals surface area contributed by atoms with Crippen molar-refractivity contribution >= 4 is 28.0 Å². The van der Waals surface area contributed by atoms with Crippen LogP contribution in [0, 0.1) is 56.7 Å². The SMILES string of the molecule is CC1([C@@H]2CC[C@]3(NC(=O)CN4CCS(O)(O)CC4)CC[C@]4(C)[C@H](CC[C@@H]5[C@@]6(C)CC=C(c7ccc(C(=O)O)cc7)C(C)(C)[C@@H]6CC[C@]54C)[C@@H]23)CC1. The molecule has 0 spiro atoms. The molecule has 0 aromatic heterocycles. The lowest BCUT2D eigenvalue weighted by molar-refractivity contribution is -0.222. The molecular weight excluding hydrogens is 657 g/mol. The van der Waals surface area contributed by atoms with Gasteiger partial charge in [-0.2, -0.15) is 10.6 Å². The molecule has 6 aliphatic carbocycles. The third-order valence-corrected chi connectivity index (χ3v) is 19.3. The van der Waals surface area contributed by atoms with Crippen LogP contribution in [0.15, 0.2) is 30.3 Å². The molecule has 1 amide bonds. The van der Waals surface area contributed by atoms with Crippen LogP contribution in [0.4, 0.5) is 0 Å². The molecule has 282 valence electrons. The van der Waals surface area contributed by atoms with Gasteiger partial charge in [0.15, 0.2) is 0 Å². The van der Waals surface area contributed by atoms with Gasteiger partial charge in [0.1, 0.15) is 0 Å². The highest BCUT2D eigenvalue weighted by atomic mass is 32.3. The lowest BCUT2D eigenvalue weighted by Crippen LogP contribution is -2.68. The first-order chi connectivity index (χ1) is 23.9. The number of aromatic carboxylic acids is 1. The maximum atomic E-state index is 13.9. The summed E-state index contributed by atoms with van der Waals surface area (Å²) in [6, 6.07) is 7.56. The quantitative estimate of drug-likeness (QED) is 0.233. The fourth-order valence-corrected chi connectivity index (χ4v) is 15.8. The molecule has 8 rings (SSSR count). The van der Waals surface area contributed by atoms with Gasteiger partial charge in [-0.15, -0.1) is 0 Å². The molecule has 9 atom stereocenters. The number of carboxylic acids is 1. The minimum atomic E-state index is -2.48. The second kappa shape index (κ2) is 11.8. The molecule has 1 aromatic rings. The van der Waals surface area contributed by atoms with Crippen LogP contribution in [-0.2, 0) is 4.79 Å². The van der Waals surface area contributed by atoms with Gasteiger partial charge >= 0.3 is 5.97 Å². The van der Waals surface area contributed by atoms with E-state index in [2.05, 4.69) is 57.8 Å². The van der Waals surface area contributed by atoms with E-state index in [4.69, 9.17) is 0 Å². The second-order valence-electron chi connectivity index (χ2n) is 20.1. The molecule has 7 nitrogen and oxygen atoms in total. The van der Waals surface area contributed by atoms with E-state index in [1.54, 1.807) is 12.1 Å². The zero-order valence-corrected chi connectivity index (χ0v) is 32.9. The molecule has 0 bridgehead atoms. The van der Waals surface area contributed by atoms with Crippen LogP contribution in [-0.4, -0.2) is 67.7 Å². The van der Waals surface area contributed by atoms with Crippen LogP contribution in [0.1, 0.15) is 128 Å². The van der Waals surface area contributed by atoms with E-state index in [0.717, 1.165) is 19.3 Å². The molecule has 51 heavy (non-hydrogen) atoms. The number of carbonyl (C=O) groups excluding carboxylic acids is 1. The number of carboxylic acid groups (broad SMARTS) is 1. The van der Waals surface area contributed by atoms with Gasteiger partial charge in [-0.3, -0.25) is 18.8 Å². The Morgan fingerprint density at radius 1 is 0.804 bits per heavy atom. The molecule has 0 radical (unpaired) electrons. The number of hydrogen-bond acceptors (Lipinski definition) is 5. The second-order valence-corrected chi connectivity index (χ2v) is 22.5. The van der Waals surface area contributed by atoms with Crippen LogP contribution in [0.2, 0.25) is 0 Å². The Bertz CT molecular complexity index is 1610. The summed E-state index contributed by atoms with van der Waals surface area (Å²) in [4.78, 5) is 27.6. The molecule has 1 heterocycles. The van der Waals surface area contributed by atoms with Crippen LogP contribution < -0.4 is 5.32 Å². The predicted molar refractivity (Wildman–Crippen MR) is 206 cm³/mol. The summed E-state index contributed by atoms with van der Waals surface area (Å²) < 4.78 is 20.3. The number of fused-ring (bicyclic) bond motifs is 7. The highest BCUT2D eigenvalue weighted by molar-refractivity contribution is 8.24. The van der Waals surface area contributed by atoms with E-state index in [1.807, 2.05) is 12.1 Å². The van der Waals surface area contributed by atoms with Crippen LogP contribution in [0.5, 0.6) is 0 Å². The van der Waals surface area contributed by atoms with Crippen molar-refractivity contribution in [1.82, 2.24) is 10.2 Å². The molecule has 6 fully saturated rings. The van der Waals surface area contributed by atoms with Crippen molar-refractivity contribution in [3.05, 3.63) is 41.5 Å². The Kier molecular flexibility index (Phi) is 8.37. The van der Waals surface area contributed by atoms with Gasteiger partial charge < -0.3 is 10.4 Å². The molecule has 5 saturated carbocycles. The molecule has 0 unspecified atom stereocenters. The first kappa shape index (κ1) is 36.1. The van der Waals surface area contributed by atoms with Crippen LogP contribution in [0.25, 0.3) is 5.57 Å². The average molecular weight is 721 g/mol. The summed E-state index contributed by atoms with van der Waals surface area (Å²) in [5.41, 5.74) is 3.83. The largest absolute Gasteiger partial charge is 0.478 e. The summed E-state index contributed by atoms with van der Waals surface area (Å²) in [7, 11) is -2.48. The highest BCUT2D eigenvalue weighted by Crippen LogP contribution is 2.78. The van der Waals surface area contributed by atoms with Gasteiger partial charge in [0.2, 0.25) is 5.91 Å². The number of nitrogens with zero attached hydrogens (tertiary/aromatic N) is 1. The number of benzene rings is 1. The number of carbonyl (C=O) groups is 2. The number of hydrogen-bond donors (Lipinski definition) is 4. The monoisotopic (exact) mass is 720 g/mol. The van der Waals surface area contributed by atoms with Crippen LogP contribution >= 0.6 is 10.6 Å². The Morgan fingerprint density at radius 3 is 2.14 bits per heavy atom. The average Bonchev–Trinajstić information content (AvgIpc) is 3.69. The standard InChI is InChI=1S/C43H64N2O5S/c1-38(2)30(28-7-9-29(10-8-28)37(47)48)13-16-40(4)33(38)15-17-42(6)34(40)12-11-32-36-31(39(3)19-20-39)14-18-43(36,22-21-41(32,42)5)44-35(46)27-45-23-25-51(49,50)26-24-45/h7-10,13,31-34,36,49-50H,11-12,14-27H2,1-6H3,(H,44,46)(H,47,48)/t31-,32-,33+,34-,36-,40+,41-,42-,43+/m1/s1. The fraction of sp³-hybridized carbons (Fsp3) is 0.767. The topological polar surface area (TPSA) is 110 Å². The van der Waals surface area contributed by atoms with Crippen molar-refractivity contribution in [2.75, 3.05) is 31.1 Å². The van der Waals surface area contributed by atoms with Gasteiger partial charge in [0.05, 0.1) is 23.6 Å². The Hall–Kier alpha value is -1.87. The van der Waals surface area contributed by atoms with Crippen molar-refractivity contribution in [1.29, 1.82) is 0 Å². The fourth-order valence-electron chi connectivity index (χ4n) is 14.5. The van der Waals surface area contributed by atoms with E-state index in [1.165, 1.54) is 62.5 Å². The normalized spacial score (nSPS) is 44.1. The van der Waals surface area contributed by atoms with E-state index in [0.29, 0.717) is 71.7 Å². The van der Waals surface area contributed by atoms with Gasteiger partial charge in [-0.05, 0) is 151 Å². The lowest BCUT2D eigenvalue weighted by Gasteiger charge is -2.72. The number of allylic oxidation sites excluding steroid dienone is 2. The van der Waals surface area contributed by atoms with E-state index in [9.17, 15) is 23.8 Å². The maximum Gasteiger partial charge on any atom is 0.335 e. The summed E-state index contributed by atoms with van der Waals surface area (Å²) in [5.74, 6) is 3.02. The van der Waals surface area contributed by atoms with Crippen molar-refractivity contribution < 1.29 is 23.8 Å². The molecule has 8 heteroatoms. The molecular formula is C43H64N2O5S. The van der Waals surface area contributed by atoms with Crippen molar-refractivity contribution in [3.63, 3.8) is 0 Å². The van der Waals surface area contributed by atoms with Crippen LogP contribution in [0.3, 0.4) is 0 Å². The predicted octanol–water partition coefficient (Wildman–Crippen LogP) is 9.19. The molecule has 1 saturated heterocycles. The molecule has 1 aliphatic heterocycles. The Morgan fingerprint density at radius 2 is 1.49 bits per heavy atom. The zero-order valence-electron chi connectivity index (χ0n) is 32.1. The van der Waals surface area contributed by atoms with E-state index < -0.39 is 16.6 Å². The summed E-state index contributed by atoms with van der Waals surface area (Å²) in [6.45, 7) is 17.0. The Labute approximate surface area is 308 Å². The van der Waals surface area contributed by atoms with Crippen molar-refractivity contribution in [2.45, 2.75) is 118 Å². The number of rotatable bonds is 6. The third-order valence-electron chi connectivity index (χ3n) is 17.6. The van der Waals surface area contributed by atoms with Gasteiger partial charge in [-0.25, -0.2) is 4.79 Å². The first-order valence-corrected chi connectivity index (χ1v) is 22.1. The minimum Gasteiger partial charge on any atom is -0.478 e. The molecule has 4 N–H and O–H groups in total. The van der Waals surface area contributed by atoms with E-state index >= 15 is 0 Å². The van der Waals surface area contributed by atoms with Gasteiger partial charge in [0.25, 0.3) is 0 Å². The lowest BCUT2D eigenvalue weighted by atomic mass is 9.32. The summed E-state index contributed by atoms with van der Waals surface area (Å²) in [5, 5.41) is 13.3. The molecule has 1 aromatic carbocycles. The minimum absolute atomic E-state index is 0.00848. The Balaban J connectivity index is 1.07. The smallest absolute Gasteiger partial charge is 0.335 e. The maximum absolute atomic E-state index is 13.9. The number of nitrogens with one attached hydrogen (secondary N) is 1.